The van der Waals surface area contributed by atoms with Crippen molar-refractivity contribution in [3.8, 4) is 0 Å². The van der Waals surface area contributed by atoms with Crippen LogP contribution in [0.5, 0.6) is 0 Å². The molecule has 6 nitrogen and oxygen atoms in total. The first-order valence-corrected chi connectivity index (χ1v) is 11.1. The van der Waals surface area contributed by atoms with Crippen molar-refractivity contribution in [3.63, 3.8) is 0 Å². The molecule has 2 saturated heterocycles. The summed E-state index contributed by atoms with van der Waals surface area (Å²) < 4.78 is 5.37. The Kier molecular flexibility index (Phi) is 6.87. The molecule has 6 heteroatoms. The van der Waals surface area contributed by atoms with Crippen LogP contribution in [0.25, 0.3) is 0 Å². The quantitative estimate of drug-likeness (QED) is 0.779. The average Bonchev–Trinajstić information content (AvgIpc) is 2.80. The number of amides is 2. The summed E-state index contributed by atoms with van der Waals surface area (Å²) in [6.45, 7) is 5.60. The minimum atomic E-state index is -0.615. The van der Waals surface area contributed by atoms with E-state index >= 15 is 0 Å². The lowest BCUT2D eigenvalue weighted by Crippen LogP contribution is -2.55. The van der Waals surface area contributed by atoms with Crippen LogP contribution in [0.4, 0.5) is 5.69 Å². The topological polar surface area (TPSA) is 61.9 Å². The van der Waals surface area contributed by atoms with Gasteiger partial charge in [-0.25, -0.2) is 0 Å². The van der Waals surface area contributed by atoms with Crippen LogP contribution >= 0.6 is 0 Å². The summed E-state index contributed by atoms with van der Waals surface area (Å²) in [5, 5.41) is 2.98. The molecule has 0 spiro atoms. The Labute approximate surface area is 184 Å². The van der Waals surface area contributed by atoms with Gasteiger partial charge in [0.05, 0.1) is 6.61 Å². The molecule has 0 bridgehead atoms. The van der Waals surface area contributed by atoms with E-state index in [-0.39, 0.29) is 25.0 Å². The molecule has 0 aromatic heterocycles. The summed E-state index contributed by atoms with van der Waals surface area (Å²) in [6, 6.07) is 17.5. The third kappa shape index (κ3) is 5.44. The van der Waals surface area contributed by atoms with Gasteiger partial charge >= 0.3 is 0 Å². The molecule has 164 valence electrons. The van der Waals surface area contributed by atoms with E-state index in [9.17, 15) is 9.59 Å². The Balaban J connectivity index is 1.34. The minimum Gasteiger partial charge on any atom is -0.372 e. The molecule has 2 fully saturated rings. The van der Waals surface area contributed by atoms with Gasteiger partial charge in [-0.15, -0.1) is 0 Å². The van der Waals surface area contributed by atoms with Crippen LogP contribution in [0, 0.1) is 5.92 Å². The van der Waals surface area contributed by atoms with E-state index in [1.54, 1.807) is 4.90 Å². The number of ether oxygens (including phenoxy) is 1. The Morgan fingerprint density at radius 1 is 1.03 bits per heavy atom. The van der Waals surface area contributed by atoms with Crippen LogP contribution in [-0.4, -0.2) is 49.1 Å². The SMILES string of the molecule is CC1CCN(c2ccc(CNC(=O)[C@@H]3COCC(=O)N3Cc3ccccc3)cc2)CC1. The van der Waals surface area contributed by atoms with Crippen molar-refractivity contribution in [2.75, 3.05) is 31.2 Å². The standard InChI is InChI=1S/C25H31N3O3/c1-19-11-13-27(14-12-19)22-9-7-20(8-10-22)15-26-25(30)23-17-31-18-24(29)28(23)16-21-5-3-2-4-6-21/h2-10,19,23H,11-18H2,1H3,(H,26,30)/t23-/m0/s1. The number of carbonyl (C=O) groups is 2. The van der Waals surface area contributed by atoms with Crippen LogP contribution < -0.4 is 10.2 Å². The molecule has 1 atom stereocenters. The van der Waals surface area contributed by atoms with E-state index in [2.05, 4.69) is 41.4 Å². The molecule has 2 heterocycles. The molecule has 2 aliphatic rings. The fraction of sp³-hybridized carbons (Fsp3) is 0.440. The van der Waals surface area contributed by atoms with Gasteiger partial charge in [-0.05, 0) is 42.0 Å². The van der Waals surface area contributed by atoms with Crippen LogP contribution in [0.15, 0.2) is 54.6 Å². The van der Waals surface area contributed by atoms with Crippen molar-refractivity contribution in [1.29, 1.82) is 0 Å². The number of nitrogens with one attached hydrogen (secondary N) is 1. The van der Waals surface area contributed by atoms with E-state index in [0.717, 1.165) is 30.1 Å². The Morgan fingerprint density at radius 3 is 2.45 bits per heavy atom. The monoisotopic (exact) mass is 421 g/mol. The smallest absolute Gasteiger partial charge is 0.249 e. The van der Waals surface area contributed by atoms with E-state index in [4.69, 9.17) is 4.74 Å². The summed E-state index contributed by atoms with van der Waals surface area (Å²) in [4.78, 5) is 29.3. The van der Waals surface area contributed by atoms with E-state index in [1.165, 1.54) is 18.5 Å². The molecule has 31 heavy (non-hydrogen) atoms. The summed E-state index contributed by atoms with van der Waals surface area (Å²) in [5.41, 5.74) is 3.28. The molecule has 2 aliphatic heterocycles. The van der Waals surface area contributed by atoms with Crippen LogP contribution in [0.1, 0.15) is 30.9 Å². The summed E-state index contributed by atoms with van der Waals surface area (Å²) >= 11 is 0. The summed E-state index contributed by atoms with van der Waals surface area (Å²) in [6.07, 6.45) is 2.47. The molecule has 2 amide bonds. The van der Waals surface area contributed by atoms with Gasteiger partial charge in [-0.2, -0.15) is 0 Å². The third-order valence-electron chi connectivity index (χ3n) is 6.25. The fourth-order valence-electron chi connectivity index (χ4n) is 4.20. The normalized spacial score (nSPS) is 20.0. The van der Waals surface area contributed by atoms with Gasteiger partial charge in [-0.1, -0.05) is 49.4 Å². The van der Waals surface area contributed by atoms with Crippen LogP contribution in [-0.2, 0) is 27.4 Å². The van der Waals surface area contributed by atoms with E-state index < -0.39 is 6.04 Å². The van der Waals surface area contributed by atoms with Crippen LogP contribution in [0.2, 0.25) is 0 Å². The fourth-order valence-corrected chi connectivity index (χ4v) is 4.20. The predicted molar refractivity (Wildman–Crippen MR) is 120 cm³/mol. The lowest BCUT2D eigenvalue weighted by atomic mass is 9.99. The highest BCUT2D eigenvalue weighted by Crippen LogP contribution is 2.23. The highest BCUT2D eigenvalue weighted by molar-refractivity contribution is 5.89. The minimum absolute atomic E-state index is 0.0212. The second-order valence-electron chi connectivity index (χ2n) is 8.59. The van der Waals surface area contributed by atoms with Crippen molar-refractivity contribution >= 4 is 17.5 Å². The molecule has 1 N–H and O–H groups in total. The van der Waals surface area contributed by atoms with E-state index in [1.807, 2.05) is 30.3 Å². The molecule has 0 saturated carbocycles. The number of anilines is 1. The van der Waals surface area contributed by atoms with Gasteiger partial charge in [0.1, 0.15) is 12.6 Å². The van der Waals surface area contributed by atoms with Gasteiger partial charge < -0.3 is 19.9 Å². The number of nitrogens with zero attached hydrogens (tertiary/aromatic N) is 2. The van der Waals surface area contributed by atoms with E-state index in [0.29, 0.717) is 13.1 Å². The van der Waals surface area contributed by atoms with Gasteiger partial charge in [-0.3, -0.25) is 9.59 Å². The maximum atomic E-state index is 12.9. The van der Waals surface area contributed by atoms with Crippen molar-refractivity contribution in [2.45, 2.75) is 38.9 Å². The third-order valence-corrected chi connectivity index (χ3v) is 6.25. The molecule has 0 aliphatic carbocycles. The first kappa shape index (κ1) is 21.4. The zero-order chi connectivity index (χ0) is 21.6. The number of benzene rings is 2. The van der Waals surface area contributed by atoms with Crippen molar-refractivity contribution in [2.24, 2.45) is 5.92 Å². The average molecular weight is 422 g/mol. The number of piperidine rings is 1. The Hall–Kier alpha value is -2.86. The van der Waals surface area contributed by atoms with Gasteiger partial charge in [0, 0.05) is 31.9 Å². The zero-order valence-corrected chi connectivity index (χ0v) is 18.1. The number of carbonyl (C=O) groups excluding carboxylic acids is 2. The molecule has 2 aromatic carbocycles. The molecular formula is C25H31N3O3. The molecule has 4 rings (SSSR count). The number of hydrogen-bond acceptors (Lipinski definition) is 4. The van der Waals surface area contributed by atoms with Crippen LogP contribution in [0.3, 0.4) is 0 Å². The number of hydrogen-bond donors (Lipinski definition) is 1. The lowest BCUT2D eigenvalue weighted by molar-refractivity contribution is -0.155. The molecule has 0 radical (unpaired) electrons. The Bertz CT molecular complexity index is 877. The molecular weight excluding hydrogens is 390 g/mol. The lowest BCUT2D eigenvalue weighted by Gasteiger charge is -2.34. The summed E-state index contributed by atoms with van der Waals surface area (Å²) in [5.74, 6) is 0.469. The maximum absolute atomic E-state index is 12.9. The number of rotatable bonds is 6. The van der Waals surface area contributed by atoms with Crippen molar-refractivity contribution in [3.05, 3.63) is 65.7 Å². The maximum Gasteiger partial charge on any atom is 0.249 e. The molecule has 0 unspecified atom stereocenters. The first-order valence-electron chi connectivity index (χ1n) is 11.1. The van der Waals surface area contributed by atoms with Gasteiger partial charge in [0.25, 0.3) is 0 Å². The highest BCUT2D eigenvalue weighted by Gasteiger charge is 2.33. The van der Waals surface area contributed by atoms with Crippen molar-refractivity contribution < 1.29 is 14.3 Å². The highest BCUT2D eigenvalue weighted by atomic mass is 16.5. The first-order chi connectivity index (χ1) is 15.1. The zero-order valence-electron chi connectivity index (χ0n) is 18.1. The second-order valence-corrected chi connectivity index (χ2v) is 8.59. The second kappa shape index (κ2) is 9.96. The molecule has 2 aromatic rings. The Morgan fingerprint density at radius 2 is 1.74 bits per heavy atom. The largest absolute Gasteiger partial charge is 0.372 e. The number of morpholine rings is 1. The summed E-state index contributed by atoms with van der Waals surface area (Å²) in [7, 11) is 0. The predicted octanol–water partition coefficient (Wildman–Crippen LogP) is 2.97. The van der Waals surface area contributed by atoms with Gasteiger partial charge in [0.2, 0.25) is 11.8 Å². The van der Waals surface area contributed by atoms with Crippen molar-refractivity contribution in [1.82, 2.24) is 10.2 Å². The van der Waals surface area contributed by atoms with Gasteiger partial charge in [0.15, 0.2) is 0 Å².